The van der Waals surface area contributed by atoms with Gasteiger partial charge in [-0.2, -0.15) is 0 Å². The molecule has 0 aromatic carbocycles. The summed E-state index contributed by atoms with van der Waals surface area (Å²) < 4.78 is 0. The summed E-state index contributed by atoms with van der Waals surface area (Å²) in [6, 6.07) is 0. The molecule has 0 nitrogen and oxygen atoms in total. The molecule has 0 fully saturated rings. The maximum atomic E-state index is 5.85. The maximum Gasteiger partial charge on any atom is 0.00395 e. The Bertz CT molecular complexity index is 627. The van der Waals surface area contributed by atoms with E-state index in [1.165, 1.54) is 25.7 Å². The molecule has 0 aliphatic rings. The van der Waals surface area contributed by atoms with Gasteiger partial charge in [-0.15, -0.1) is 24.5 Å². The highest BCUT2D eigenvalue weighted by Crippen LogP contribution is 2.56. The molecule has 232 valence electrons. The van der Waals surface area contributed by atoms with Gasteiger partial charge in [-0.25, -0.2) is 0 Å². The lowest BCUT2D eigenvalue weighted by Gasteiger charge is -2.30. The molecule has 38 heavy (non-hydrogen) atoms. The van der Waals surface area contributed by atoms with Crippen LogP contribution in [0.3, 0.4) is 0 Å². The zero-order chi connectivity index (χ0) is 31.0. The summed E-state index contributed by atoms with van der Waals surface area (Å²) in [5.41, 5.74) is 1.61. The van der Waals surface area contributed by atoms with Crippen LogP contribution in [0.5, 0.6) is 0 Å². The molecule has 0 saturated heterocycles. The van der Waals surface area contributed by atoms with Gasteiger partial charge in [0.15, 0.2) is 0 Å². The monoisotopic (exact) mass is 644 g/mol. The number of hydrogen-bond donors (Lipinski definition) is 2. The van der Waals surface area contributed by atoms with Crippen molar-refractivity contribution in [1.29, 1.82) is 0 Å². The van der Waals surface area contributed by atoms with Gasteiger partial charge >= 0.3 is 0 Å². The Morgan fingerprint density at radius 1 is 0.421 bits per heavy atom. The van der Waals surface area contributed by atoms with Gasteiger partial charge in [0.1, 0.15) is 0 Å². The van der Waals surface area contributed by atoms with Crippen molar-refractivity contribution < 1.29 is 0 Å². The standard InChI is InChI=1S/2C16H35PS2/c2*1-13(9-15(3,4)5)11-17(18,19)12-14(2)10-16(6,7)8/h2*13-14H,9-12H2,1-8H3,(H,18,19)/t2*13-,14-/m11/s1. The molecule has 0 rings (SSSR count). The molecule has 0 radical (unpaired) electrons. The van der Waals surface area contributed by atoms with Crippen LogP contribution in [0.4, 0.5) is 0 Å². The van der Waals surface area contributed by atoms with Gasteiger partial charge in [-0.1, -0.05) is 134 Å². The molecule has 0 heterocycles. The van der Waals surface area contributed by atoms with Crippen LogP contribution < -0.4 is 0 Å². The summed E-state index contributed by atoms with van der Waals surface area (Å²) in [7, 11) is 0. The van der Waals surface area contributed by atoms with E-state index in [0.29, 0.717) is 45.3 Å². The van der Waals surface area contributed by atoms with E-state index >= 15 is 0 Å². The molecule has 0 saturated carbocycles. The van der Waals surface area contributed by atoms with Crippen molar-refractivity contribution in [3.8, 4) is 0 Å². The van der Waals surface area contributed by atoms with Crippen LogP contribution >= 0.6 is 35.0 Å². The van der Waals surface area contributed by atoms with Crippen LogP contribution in [0.1, 0.15) is 136 Å². The molecule has 0 spiro atoms. The lowest BCUT2D eigenvalue weighted by Crippen LogP contribution is -2.17. The molecule has 0 aliphatic carbocycles. The van der Waals surface area contributed by atoms with Crippen molar-refractivity contribution in [2.75, 3.05) is 24.6 Å². The molecule has 0 aromatic rings. The van der Waals surface area contributed by atoms with Crippen molar-refractivity contribution >= 4 is 58.6 Å². The molecule has 0 aliphatic heterocycles. The van der Waals surface area contributed by atoms with Crippen LogP contribution in [0.25, 0.3) is 0 Å². The minimum atomic E-state index is -1.45. The first-order valence-electron chi connectivity index (χ1n) is 15.0. The van der Waals surface area contributed by atoms with E-state index in [-0.39, 0.29) is 0 Å². The Hall–Kier alpha value is 2.00. The first kappa shape index (κ1) is 42.1. The average molecular weight is 645 g/mol. The van der Waals surface area contributed by atoms with Crippen molar-refractivity contribution in [3.05, 3.63) is 0 Å². The lowest BCUT2D eigenvalue weighted by atomic mass is 9.86. The van der Waals surface area contributed by atoms with E-state index in [2.05, 4.69) is 111 Å². The average Bonchev–Trinajstić information content (AvgIpc) is 2.43. The van der Waals surface area contributed by atoms with Crippen molar-refractivity contribution in [3.63, 3.8) is 0 Å². The SMILES string of the molecule is C[C@H](CC(C)(C)C)CP(=S)(S)C[C@H](C)CC(C)(C)C.C[C@H](CC(C)(C)C)CP(=S)(S)C[C@H](C)CC(C)(C)C. The van der Waals surface area contributed by atoms with E-state index < -0.39 is 10.5 Å². The summed E-state index contributed by atoms with van der Waals surface area (Å²) in [5, 5.41) is -2.90. The predicted molar refractivity (Wildman–Crippen MR) is 199 cm³/mol. The summed E-state index contributed by atoms with van der Waals surface area (Å²) in [6.07, 6.45) is 9.60. The van der Waals surface area contributed by atoms with E-state index in [1.807, 2.05) is 0 Å². The van der Waals surface area contributed by atoms with Crippen LogP contribution in [-0.2, 0) is 23.6 Å². The first-order chi connectivity index (χ1) is 16.4. The summed E-state index contributed by atoms with van der Waals surface area (Å²) >= 11 is 21.5. The largest absolute Gasteiger partial charge is 0.141 e. The molecule has 4 atom stereocenters. The smallest absolute Gasteiger partial charge is 0.00395 e. The first-order valence-corrected chi connectivity index (χ1v) is 23.7. The summed E-state index contributed by atoms with van der Waals surface area (Å²) in [5.74, 6) is 2.80. The topological polar surface area (TPSA) is 0 Å². The molecule has 6 heteroatoms. The minimum absolute atomic E-state index is 0.402. The molecule has 0 unspecified atom stereocenters. The van der Waals surface area contributed by atoms with Gasteiger partial charge in [0.25, 0.3) is 0 Å². The Morgan fingerprint density at radius 3 is 0.658 bits per heavy atom. The third-order valence-electron chi connectivity index (χ3n) is 6.23. The molecule has 0 bridgehead atoms. The zero-order valence-corrected chi connectivity index (χ0v) is 33.8. The van der Waals surface area contributed by atoms with Gasteiger partial charge in [0.2, 0.25) is 0 Å². The predicted octanol–water partition coefficient (Wildman–Crippen LogP) is 12.9. The number of rotatable bonds is 12. The highest BCUT2D eigenvalue weighted by Gasteiger charge is 2.26. The van der Waals surface area contributed by atoms with E-state index in [0.717, 1.165) is 24.6 Å². The van der Waals surface area contributed by atoms with Gasteiger partial charge in [-0.3, -0.25) is 0 Å². The third kappa shape index (κ3) is 29.5. The number of thiol groups is 2. The highest BCUT2D eigenvalue weighted by atomic mass is 32.9. The van der Waals surface area contributed by atoms with Crippen LogP contribution in [0.2, 0.25) is 0 Å². The van der Waals surface area contributed by atoms with Gasteiger partial charge in [-0.05, 0) is 95.7 Å². The third-order valence-corrected chi connectivity index (χ3v) is 14.8. The van der Waals surface area contributed by atoms with Gasteiger partial charge in [0.05, 0.1) is 0 Å². The second-order valence-corrected chi connectivity index (χ2v) is 33.2. The Kier molecular flexibility index (Phi) is 18.6. The Labute approximate surface area is 263 Å². The number of hydrogen-bond acceptors (Lipinski definition) is 2. The van der Waals surface area contributed by atoms with Crippen molar-refractivity contribution in [1.82, 2.24) is 0 Å². The molecule has 0 amide bonds. The van der Waals surface area contributed by atoms with Crippen LogP contribution in [0, 0.1) is 45.3 Å². The molecular weight excluding hydrogens is 575 g/mol. The fourth-order valence-corrected chi connectivity index (χ4v) is 17.6. The minimum Gasteiger partial charge on any atom is -0.141 e. The second kappa shape index (κ2) is 16.7. The fourth-order valence-electron chi connectivity index (χ4n) is 6.54. The lowest BCUT2D eigenvalue weighted by molar-refractivity contribution is 0.318. The van der Waals surface area contributed by atoms with Crippen LogP contribution in [-0.4, -0.2) is 24.6 Å². The highest BCUT2D eigenvalue weighted by molar-refractivity contribution is 8.63. The Balaban J connectivity index is 0. The van der Waals surface area contributed by atoms with E-state index in [9.17, 15) is 0 Å². The molecular formula is C32H70P2S4. The molecule has 0 aromatic heterocycles. The summed E-state index contributed by atoms with van der Waals surface area (Å²) in [6.45, 7) is 37.1. The second-order valence-electron chi connectivity index (χ2n) is 17.9. The maximum absolute atomic E-state index is 5.85. The van der Waals surface area contributed by atoms with Crippen molar-refractivity contribution in [2.24, 2.45) is 45.3 Å². The zero-order valence-electron chi connectivity index (χ0n) is 28.6. The molecule has 0 N–H and O–H groups in total. The van der Waals surface area contributed by atoms with Gasteiger partial charge in [0, 0.05) is 10.5 Å². The Morgan fingerprint density at radius 2 is 0.553 bits per heavy atom. The fraction of sp³-hybridized carbons (Fsp3) is 1.00. The van der Waals surface area contributed by atoms with Crippen molar-refractivity contribution in [2.45, 2.75) is 136 Å². The normalized spacial score (nSPS) is 17.3. The van der Waals surface area contributed by atoms with Gasteiger partial charge < -0.3 is 0 Å². The van der Waals surface area contributed by atoms with E-state index in [4.69, 9.17) is 48.1 Å². The quantitative estimate of drug-likeness (QED) is 0.160. The van der Waals surface area contributed by atoms with E-state index in [1.54, 1.807) is 0 Å². The summed E-state index contributed by atoms with van der Waals surface area (Å²) in [4.78, 5) is 0. The van der Waals surface area contributed by atoms with Crippen LogP contribution in [0.15, 0.2) is 0 Å².